The van der Waals surface area contributed by atoms with Gasteiger partial charge in [-0.25, -0.2) is 12.8 Å². The highest BCUT2D eigenvalue weighted by molar-refractivity contribution is 14.0. The Bertz CT molecular complexity index is 796. The topological polar surface area (TPSA) is 73.8 Å². The van der Waals surface area contributed by atoms with E-state index < -0.39 is 9.84 Å². The van der Waals surface area contributed by atoms with Gasteiger partial charge in [0.15, 0.2) is 15.8 Å². The SMILES string of the molecule is CN=C(NCc1cc(F)ccc1CS(C)(=O)=O)NCC(C1CCCCC1)N(C)C.I. The molecule has 0 radical (unpaired) electrons. The van der Waals surface area contributed by atoms with E-state index in [2.05, 4.69) is 34.6 Å². The van der Waals surface area contributed by atoms with Gasteiger partial charge in [-0.05, 0) is 56.1 Å². The average molecular weight is 555 g/mol. The summed E-state index contributed by atoms with van der Waals surface area (Å²) < 4.78 is 37.0. The lowest BCUT2D eigenvalue weighted by molar-refractivity contribution is 0.171. The predicted octanol–water partition coefficient (Wildman–Crippen LogP) is 3.16. The van der Waals surface area contributed by atoms with Crippen molar-refractivity contribution < 1.29 is 12.8 Å². The second-order valence-corrected chi connectivity index (χ2v) is 10.4. The molecular formula is C21H36FIN4O2S. The van der Waals surface area contributed by atoms with Gasteiger partial charge in [-0.2, -0.15) is 0 Å². The van der Waals surface area contributed by atoms with Crippen LogP contribution in [-0.4, -0.2) is 59.3 Å². The van der Waals surface area contributed by atoms with Crippen LogP contribution < -0.4 is 10.6 Å². The van der Waals surface area contributed by atoms with E-state index in [0.717, 1.165) is 6.54 Å². The highest BCUT2D eigenvalue weighted by Gasteiger charge is 2.25. The summed E-state index contributed by atoms with van der Waals surface area (Å²) in [5.74, 6) is 0.809. The minimum Gasteiger partial charge on any atom is -0.355 e. The van der Waals surface area contributed by atoms with Crippen molar-refractivity contribution in [1.82, 2.24) is 15.5 Å². The maximum Gasteiger partial charge on any atom is 0.191 e. The molecule has 0 aromatic heterocycles. The lowest BCUT2D eigenvalue weighted by Gasteiger charge is -2.35. The van der Waals surface area contributed by atoms with Gasteiger partial charge in [0.05, 0.1) is 5.75 Å². The summed E-state index contributed by atoms with van der Waals surface area (Å²) in [5, 5.41) is 6.58. The molecule has 0 amide bonds. The van der Waals surface area contributed by atoms with Crippen molar-refractivity contribution in [3.63, 3.8) is 0 Å². The largest absolute Gasteiger partial charge is 0.355 e. The van der Waals surface area contributed by atoms with Gasteiger partial charge in [0.25, 0.3) is 0 Å². The van der Waals surface area contributed by atoms with Gasteiger partial charge in [0.1, 0.15) is 5.82 Å². The third kappa shape index (κ3) is 9.05. The summed E-state index contributed by atoms with van der Waals surface area (Å²) in [5.41, 5.74) is 1.22. The Labute approximate surface area is 198 Å². The summed E-state index contributed by atoms with van der Waals surface area (Å²) in [4.78, 5) is 6.54. The van der Waals surface area contributed by atoms with Crippen LogP contribution >= 0.6 is 24.0 Å². The lowest BCUT2D eigenvalue weighted by atomic mass is 9.83. The Morgan fingerprint density at radius 3 is 2.43 bits per heavy atom. The standard InChI is InChI=1S/C21H35FN4O2S.HI/c1-23-21(25-14-20(26(2)3)16-8-6-5-7-9-16)24-13-18-12-19(22)11-10-17(18)15-29(4,27)28;/h10-12,16,20H,5-9,13-15H2,1-4H3,(H2,23,24,25);1H. The van der Waals surface area contributed by atoms with Crippen LogP contribution in [-0.2, 0) is 22.1 Å². The molecule has 172 valence electrons. The zero-order chi connectivity index (χ0) is 21.4. The van der Waals surface area contributed by atoms with Crippen molar-refractivity contribution in [2.24, 2.45) is 10.9 Å². The number of aliphatic imine (C=N–C) groups is 1. The molecule has 1 unspecified atom stereocenters. The smallest absolute Gasteiger partial charge is 0.191 e. The van der Waals surface area contributed by atoms with Crippen LogP contribution in [0.2, 0.25) is 0 Å². The minimum atomic E-state index is -3.20. The number of guanidine groups is 1. The first-order valence-electron chi connectivity index (χ1n) is 10.3. The van der Waals surface area contributed by atoms with Gasteiger partial charge in [-0.3, -0.25) is 4.99 Å². The Morgan fingerprint density at radius 1 is 1.20 bits per heavy atom. The van der Waals surface area contributed by atoms with Crippen LogP contribution in [0.1, 0.15) is 43.2 Å². The molecule has 1 aromatic carbocycles. The van der Waals surface area contributed by atoms with Gasteiger partial charge in [-0.1, -0.05) is 25.3 Å². The molecule has 1 aliphatic rings. The van der Waals surface area contributed by atoms with Crippen LogP contribution in [0.5, 0.6) is 0 Å². The molecule has 0 heterocycles. The summed E-state index contributed by atoms with van der Waals surface area (Å²) >= 11 is 0. The number of sulfone groups is 1. The molecule has 2 N–H and O–H groups in total. The number of hydrogen-bond acceptors (Lipinski definition) is 4. The molecule has 0 saturated heterocycles. The van der Waals surface area contributed by atoms with Crippen LogP contribution in [0.4, 0.5) is 4.39 Å². The number of halogens is 2. The van der Waals surface area contributed by atoms with Gasteiger partial charge < -0.3 is 15.5 Å². The Balaban J connectivity index is 0.00000450. The number of rotatable bonds is 8. The molecule has 1 atom stereocenters. The van der Waals surface area contributed by atoms with E-state index in [9.17, 15) is 12.8 Å². The summed E-state index contributed by atoms with van der Waals surface area (Å²) in [6.45, 7) is 1.08. The maximum absolute atomic E-state index is 13.7. The van der Waals surface area contributed by atoms with Crippen LogP contribution in [0.25, 0.3) is 0 Å². The van der Waals surface area contributed by atoms with E-state index in [1.54, 1.807) is 7.05 Å². The monoisotopic (exact) mass is 554 g/mol. The molecule has 2 rings (SSSR count). The Kier molecular flexibility index (Phi) is 11.6. The molecular weight excluding hydrogens is 518 g/mol. The van der Waals surface area contributed by atoms with Crippen molar-refractivity contribution >= 4 is 39.8 Å². The Hall–Kier alpha value is -0.940. The normalized spacial score (nSPS) is 16.8. The molecule has 0 spiro atoms. The zero-order valence-corrected chi connectivity index (χ0v) is 21.6. The fourth-order valence-corrected chi connectivity index (χ4v) is 4.92. The van der Waals surface area contributed by atoms with E-state index >= 15 is 0 Å². The number of nitrogens with zero attached hydrogens (tertiary/aromatic N) is 2. The second kappa shape index (κ2) is 12.8. The molecule has 6 nitrogen and oxygen atoms in total. The Morgan fingerprint density at radius 2 is 1.87 bits per heavy atom. The van der Waals surface area contributed by atoms with Gasteiger partial charge in [0.2, 0.25) is 0 Å². The molecule has 1 aromatic rings. The minimum absolute atomic E-state index is 0. The van der Waals surface area contributed by atoms with E-state index in [1.165, 1.54) is 56.6 Å². The van der Waals surface area contributed by atoms with Crippen molar-refractivity contribution in [1.29, 1.82) is 0 Å². The van der Waals surface area contributed by atoms with Crippen molar-refractivity contribution in [3.05, 3.63) is 35.1 Å². The third-order valence-electron chi connectivity index (χ3n) is 5.59. The van der Waals surface area contributed by atoms with Crippen LogP contribution in [0, 0.1) is 11.7 Å². The van der Waals surface area contributed by atoms with Crippen LogP contribution in [0.3, 0.4) is 0 Å². The average Bonchev–Trinajstić information content (AvgIpc) is 2.66. The van der Waals surface area contributed by atoms with Gasteiger partial charge in [0, 0.05) is 32.4 Å². The summed E-state index contributed by atoms with van der Waals surface area (Å²) in [6.07, 6.45) is 7.62. The number of benzene rings is 1. The zero-order valence-electron chi connectivity index (χ0n) is 18.4. The lowest BCUT2D eigenvalue weighted by Crippen LogP contribution is -2.48. The van der Waals surface area contributed by atoms with E-state index in [-0.39, 0.29) is 35.5 Å². The van der Waals surface area contributed by atoms with Gasteiger partial charge in [-0.15, -0.1) is 24.0 Å². The first-order chi connectivity index (χ1) is 13.7. The number of nitrogens with one attached hydrogen (secondary N) is 2. The summed E-state index contributed by atoms with van der Waals surface area (Å²) in [6, 6.07) is 4.63. The van der Waals surface area contributed by atoms with Crippen molar-refractivity contribution in [2.75, 3.05) is 33.9 Å². The second-order valence-electron chi connectivity index (χ2n) is 8.22. The predicted molar refractivity (Wildman–Crippen MR) is 133 cm³/mol. The molecule has 0 bridgehead atoms. The molecule has 0 aliphatic heterocycles. The van der Waals surface area contributed by atoms with Crippen LogP contribution in [0.15, 0.2) is 23.2 Å². The summed E-state index contributed by atoms with van der Waals surface area (Å²) in [7, 11) is 2.72. The molecule has 9 heteroatoms. The highest BCUT2D eigenvalue weighted by atomic mass is 127. The van der Waals surface area contributed by atoms with E-state index in [0.29, 0.717) is 35.6 Å². The maximum atomic E-state index is 13.7. The van der Waals surface area contributed by atoms with Crippen molar-refractivity contribution in [2.45, 2.75) is 50.4 Å². The van der Waals surface area contributed by atoms with Gasteiger partial charge >= 0.3 is 0 Å². The first-order valence-corrected chi connectivity index (χ1v) is 12.3. The van der Waals surface area contributed by atoms with E-state index in [4.69, 9.17) is 0 Å². The first kappa shape index (κ1) is 27.1. The highest BCUT2D eigenvalue weighted by Crippen LogP contribution is 2.28. The quantitative estimate of drug-likeness (QED) is 0.294. The number of likely N-dealkylation sites (N-methyl/N-ethyl adjacent to an activating group) is 1. The molecule has 30 heavy (non-hydrogen) atoms. The molecule has 1 aliphatic carbocycles. The van der Waals surface area contributed by atoms with E-state index in [1.807, 2.05) is 0 Å². The fourth-order valence-electron chi connectivity index (χ4n) is 4.07. The number of hydrogen-bond donors (Lipinski definition) is 2. The van der Waals surface area contributed by atoms with Crippen molar-refractivity contribution in [3.8, 4) is 0 Å². The third-order valence-corrected chi connectivity index (χ3v) is 6.43. The molecule has 1 fully saturated rings. The fraction of sp³-hybridized carbons (Fsp3) is 0.667. The molecule has 1 saturated carbocycles.